The van der Waals surface area contributed by atoms with Crippen LogP contribution in [0.25, 0.3) is 5.70 Å². The summed E-state index contributed by atoms with van der Waals surface area (Å²) in [7, 11) is 4.08. The van der Waals surface area contributed by atoms with Crippen molar-refractivity contribution in [1.82, 2.24) is 25.2 Å². The third-order valence-corrected chi connectivity index (χ3v) is 2.42. The normalized spacial score (nSPS) is 23.6. The van der Waals surface area contributed by atoms with Crippen LogP contribution in [0.3, 0.4) is 0 Å². The Morgan fingerprint density at radius 2 is 2.43 bits per heavy atom. The molecule has 14 heavy (non-hydrogen) atoms. The SMILES string of the molecule is CN[C@@H]1C=C(n2ccnn2)CN(C)C1. The zero-order chi connectivity index (χ0) is 9.97. The fourth-order valence-electron chi connectivity index (χ4n) is 1.70. The summed E-state index contributed by atoms with van der Waals surface area (Å²) in [6.45, 7) is 1.95. The van der Waals surface area contributed by atoms with Gasteiger partial charge >= 0.3 is 0 Å². The number of rotatable bonds is 2. The molecule has 0 fully saturated rings. The molecule has 76 valence electrons. The average molecular weight is 193 g/mol. The summed E-state index contributed by atoms with van der Waals surface area (Å²) in [4.78, 5) is 2.26. The summed E-state index contributed by atoms with van der Waals surface area (Å²) >= 11 is 0. The van der Waals surface area contributed by atoms with E-state index in [4.69, 9.17) is 0 Å². The van der Waals surface area contributed by atoms with E-state index in [0.717, 1.165) is 13.1 Å². The summed E-state index contributed by atoms with van der Waals surface area (Å²) in [5, 5.41) is 11.0. The van der Waals surface area contributed by atoms with Crippen LogP contribution in [0.2, 0.25) is 0 Å². The highest BCUT2D eigenvalue weighted by molar-refractivity contribution is 5.48. The number of likely N-dealkylation sites (N-methyl/N-ethyl adjacent to an activating group) is 2. The highest BCUT2D eigenvalue weighted by Gasteiger charge is 2.17. The van der Waals surface area contributed by atoms with E-state index in [1.54, 1.807) is 6.20 Å². The molecule has 1 aromatic heterocycles. The van der Waals surface area contributed by atoms with Crippen molar-refractivity contribution in [3.8, 4) is 0 Å². The van der Waals surface area contributed by atoms with Crippen LogP contribution in [0.4, 0.5) is 0 Å². The van der Waals surface area contributed by atoms with Gasteiger partial charge in [0.05, 0.1) is 18.1 Å². The van der Waals surface area contributed by atoms with Crippen molar-refractivity contribution >= 4 is 5.70 Å². The first kappa shape index (κ1) is 9.36. The van der Waals surface area contributed by atoms with Crippen LogP contribution in [-0.2, 0) is 0 Å². The van der Waals surface area contributed by atoms with Crippen LogP contribution in [0.15, 0.2) is 18.5 Å². The molecule has 1 aliphatic rings. The maximum atomic E-state index is 3.99. The van der Waals surface area contributed by atoms with E-state index in [9.17, 15) is 0 Å². The molecule has 5 nitrogen and oxygen atoms in total. The van der Waals surface area contributed by atoms with E-state index >= 15 is 0 Å². The standard InChI is InChI=1S/C9H15N5/c1-10-8-5-9(7-13(2)6-8)14-4-3-11-12-14/h3-5,8,10H,6-7H2,1-2H3/t8-/m1/s1. The van der Waals surface area contributed by atoms with Gasteiger partial charge in [0.1, 0.15) is 0 Å². The van der Waals surface area contributed by atoms with Crippen LogP contribution in [0.1, 0.15) is 0 Å². The van der Waals surface area contributed by atoms with Crippen LogP contribution in [0, 0.1) is 0 Å². The van der Waals surface area contributed by atoms with Crippen LogP contribution in [0.5, 0.6) is 0 Å². The monoisotopic (exact) mass is 193 g/mol. The van der Waals surface area contributed by atoms with E-state index in [1.165, 1.54) is 5.70 Å². The highest BCUT2D eigenvalue weighted by Crippen LogP contribution is 2.11. The molecule has 1 atom stereocenters. The van der Waals surface area contributed by atoms with Crippen LogP contribution >= 0.6 is 0 Å². The summed E-state index contributed by atoms with van der Waals surface area (Å²) < 4.78 is 1.82. The minimum absolute atomic E-state index is 0.396. The second-order valence-corrected chi connectivity index (χ2v) is 3.60. The van der Waals surface area contributed by atoms with Gasteiger partial charge < -0.3 is 5.32 Å². The Kier molecular flexibility index (Phi) is 2.60. The summed E-state index contributed by atoms with van der Waals surface area (Å²) in [5.41, 5.74) is 1.18. The first-order valence-electron chi connectivity index (χ1n) is 4.73. The first-order chi connectivity index (χ1) is 6.79. The van der Waals surface area contributed by atoms with E-state index in [-0.39, 0.29) is 0 Å². The van der Waals surface area contributed by atoms with Gasteiger partial charge in [-0.25, -0.2) is 4.68 Å². The predicted molar refractivity (Wildman–Crippen MR) is 54.6 cm³/mol. The minimum Gasteiger partial charge on any atom is -0.312 e. The zero-order valence-corrected chi connectivity index (χ0v) is 8.51. The lowest BCUT2D eigenvalue weighted by Gasteiger charge is -2.28. The average Bonchev–Trinajstić information content (AvgIpc) is 2.69. The van der Waals surface area contributed by atoms with Crippen molar-refractivity contribution in [2.24, 2.45) is 0 Å². The molecule has 2 rings (SSSR count). The fourth-order valence-corrected chi connectivity index (χ4v) is 1.70. The van der Waals surface area contributed by atoms with Gasteiger partial charge in [0.2, 0.25) is 0 Å². The molecular formula is C9H15N5. The third kappa shape index (κ3) is 1.83. The minimum atomic E-state index is 0.396. The van der Waals surface area contributed by atoms with Gasteiger partial charge in [-0.15, -0.1) is 5.10 Å². The molecule has 1 aromatic rings. The largest absolute Gasteiger partial charge is 0.312 e. The number of hydrogen-bond donors (Lipinski definition) is 1. The lowest BCUT2D eigenvalue weighted by molar-refractivity contribution is 0.329. The van der Waals surface area contributed by atoms with Crippen molar-refractivity contribution in [1.29, 1.82) is 0 Å². The van der Waals surface area contributed by atoms with E-state index in [0.29, 0.717) is 6.04 Å². The van der Waals surface area contributed by atoms with Gasteiger partial charge in [-0.2, -0.15) is 0 Å². The Balaban J connectivity index is 2.22. The van der Waals surface area contributed by atoms with Gasteiger partial charge in [-0.3, -0.25) is 4.90 Å². The molecule has 0 saturated carbocycles. The van der Waals surface area contributed by atoms with Crippen molar-refractivity contribution in [2.75, 3.05) is 27.2 Å². The smallest absolute Gasteiger partial charge is 0.0697 e. The van der Waals surface area contributed by atoms with Gasteiger partial charge in [0, 0.05) is 19.1 Å². The lowest BCUT2D eigenvalue weighted by atomic mass is 10.1. The first-order valence-corrected chi connectivity index (χ1v) is 4.73. The third-order valence-electron chi connectivity index (χ3n) is 2.42. The molecule has 5 heteroatoms. The second kappa shape index (κ2) is 3.89. The van der Waals surface area contributed by atoms with E-state index < -0.39 is 0 Å². The lowest BCUT2D eigenvalue weighted by Crippen LogP contribution is -2.41. The summed E-state index contributed by atoms with van der Waals surface area (Å²) in [6, 6.07) is 0.396. The van der Waals surface area contributed by atoms with Crippen molar-refractivity contribution in [3.05, 3.63) is 18.5 Å². The van der Waals surface area contributed by atoms with E-state index in [1.807, 2.05) is 17.9 Å². The Morgan fingerprint density at radius 1 is 1.57 bits per heavy atom. The van der Waals surface area contributed by atoms with E-state index in [2.05, 4.69) is 33.7 Å². The molecule has 0 saturated heterocycles. The Hall–Kier alpha value is -1.20. The van der Waals surface area contributed by atoms with Gasteiger partial charge in [0.15, 0.2) is 0 Å². The summed E-state index contributed by atoms with van der Waals surface area (Å²) in [6.07, 6.45) is 5.77. The molecule has 1 N–H and O–H groups in total. The summed E-state index contributed by atoms with van der Waals surface area (Å²) in [5.74, 6) is 0. The molecule has 2 heterocycles. The molecule has 1 aliphatic heterocycles. The Labute approximate surface area is 83.4 Å². The molecule has 0 bridgehead atoms. The van der Waals surface area contributed by atoms with Crippen LogP contribution in [-0.4, -0.2) is 53.1 Å². The molecule has 0 radical (unpaired) electrons. The van der Waals surface area contributed by atoms with Gasteiger partial charge in [0.25, 0.3) is 0 Å². The quantitative estimate of drug-likeness (QED) is 0.697. The number of nitrogens with zero attached hydrogens (tertiary/aromatic N) is 4. The highest BCUT2D eigenvalue weighted by atomic mass is 15.4. The molecule has 0 aliphatic carbocycles. The second-order valence-electron chi connectivity index (χ2n) is 3.60. The topological polar surface area (TPSA) is 46.0 Å². The maximum absolute atomic E-state index is 3.99. The molecular weight excluding hydrogens is 178 g/mol. The van der Waals surface area contributed by atoms with Gasteiger partial charge in [-0.1, -0.05) is 5.21 Å². The Bertz CT molecular complexity index is 316. The van der Waals surface area contributed by atoms with Crippen molar-refractivity contribution < 1.29 is 0 Å². The molecule has 0 spiro atoms. The van der Waals surface area contributed by atoms with Crippen LogP contribution < -0.4 is 5.32 Å². The number of aromatic nitrogens is 3. The van der Waals surface area contributed by atoms with Crippen molar-refractivity contribution in [2.45, 2.75) is 6.04 Å². The number of hydrogen-bond acceptors (Lipinski definition) is 4. The predicted octanol–water partition coefficient (Wildman–Crippen LogP) is -0.348. The maximum Gasteiger partial charge on any atom is 0.0697 e. The molecule has 0 amide bonds. The molecule has 0 aromatic carbocycles. The zero-order valence-electron chi connectivity index (χ0n) is 8.51. The number of nitrogens with one attached hydrogen (secondary N) is 1. The van der Waals surface area contributed by atoms with Crippen molar-refractivity contribution in [3.63, 3.8) is 0 Å². The molecule has 0 unspecified atom stereocenters. The Morgan fingerprint density at radius 3 is 3.07 bits per heavy atom. The fraction of sp³-hybridized carbons (Fsp3) is 0.556. The van der Waals surface area contributed by atoms with Gasteiger partial charge in [-0.05, 0) is 20.2 Å².